The molecule has 0 fully saturated rings. The molecule has 1 aromatic carbocycles. The van der Waals surface area contributed by atoms with E-state index in [2.05, 4.69) is 15.3 Å². The number of hydrogen-bond donors (Lipinski definition) is 1. The summed E-state index contributed by atoms with van der Waals surface area (Å²) in [4.78, 5) is 21.2. The van der Waals surface area contributed by atoms with E-state index in [0.717, 1.165) is 10.4 Å². The molecule has 2 aromatic heterocycles. The molecule has 0 unspecified atom stereocenters. The van der Waals surface area contributed by atoms with Crippen molar-refractivity contribution in [3.63, 3.8) is 0 Å². The van der Waals surface area contributed by atoms with Crippen molar-refractivity contribution >= 4 is 57.2 Å². The van der Waals surface area contributed by atoms with Crippen LogP contribution in [0.2, 0.25) is 15.2 Å². The van der Waals surface area contributed by atoms with Crippen molar-refractivity contribution in [3.05, 3.63) is 73.9 Å². The minimum atomic E-state index is -0.291. The monoisotopic (exact) mass is 397 g/mol. The lowest BCUT2D eigenvalue weighted by Gasteiger charge is -2.03. The molecule has 0 spiro atoms. The molecule has 0 atom stereocenters. The fourth-order valence-electron chi connectivity index (χ4n) is 2.03. The van der Waals surface area contributed by atoms with Gasteiger partial charge >= 0.3 is 0 Å². The number of aromatic nitrogens is 2. The number of nitrogens with one attached hydrogen (secondary N) is 1. The standard InChI is InChI=1S/C16H10Cl3N3OS/c17-11-1-2-13(18)10(5-11)6-12-8-21-16(24-12)22-15(23)9-3-4-20-14(19)7-9/h1-5,7-8H,6H2,(H,21,22,23). The molecule has 0 aliphatic carbocycles. The Morgan fingerprint density at radius 1 is 1.12 bits per heavy atom. The summed E-state index contributed by atoms with van der Waals surface area (Å²) in [5, 5.41) is 4.77. The number of hydrogen-bond acceptors (Lipinski definition) is 4. The third-order valence-electron chi connectivity index (χ3n) is 3.14. The van der Waals surface area contributed by atoms with E-state index in [1.54, 1.807) is 24.4 Å². The predicted molar refractivity (Wildman–Crippen MR) is 98.6 cm³/mol. The molecular weight excluding hydrogens is 389 g/mol. The molecule has 122 valence electrons. The van der Waals surface area contributed by atoms with E-state index in [9.17, 15) is 4.79 Å². The van der Waals surface area contributed by atoms with Gasteiger partial charge in [-0.25, -0.2) is 9.97 Å². The van der Waals surface area contributed by atoms with E-state index < -0.39 is 0 Å². The average molecular weight is 399 g/mol. The highest BCUT2D eigenvalue weighted by Gasteiger charge is 2.11. The van der Waals surface area contributed by atoms with Gasteiger partial charge in [0.2, 0.25) is 0 Å². The first kappa shape index (κ1) is 17.2. The number of anilines is 1. The van der Waals surface area contributed by atoms with Gasteiger partial charge in [0.25, 0.3) is 5.91 Å². The van der Waals surface area contributed by atoms with Gasteiger partial charge < -0.3 is 0 Å². The van der Waals surface area contributed by atoms with E-state index in [-0.39, 0.29) is 11.1 Å². The lowest BCUT2D eigenvalue weighted by Crippen LogP contribution is -2.11. The molecule has 0 saturated heterocycles. The maximum atomic E-state index is 12.2. The van der Waals surface area contributed by atoms with E-state index in [1.165, 1.54) is 23.6 Å². The lowest BCUT2D eigenvalue weighted by atomic mass is 10.1. The summed E-state index contributed by atoms with van der Waals surface area (Å²) < 4.78 is 0. The van der Waals surface area contributed by atoms with Crippen molar-refractivity contribution < 1.29 is 4.79 Å². The molecule has 0 aliphatic rings. The van der Waals surface area contributed by atoms with Crippen LogP contribution in [0, 0.1) is 0 Å². The summed E-state index contributed by atoms with van der Waals surface area (Å²) in [7, 11) is 0. The van der Waals surface area contributed by atoms with E-state index in [0.29, 0.717) is 27.2 Å². The zero-order chi connectivity index (χ0) is 17.1. The van der Waals surface area contributed by atoms with Crippen molar-refractivity contribution in [2.24, 2.45) is 0 Å². The normalized spacial score (nSPS) is 10.6. The van der Waals surface area contributed by atoms with Crippen molar-refractivity contribution in [1.29, 1.82) is 0 Å². The Kier molecular flexibility index (Phi) is 5.36. The molecule has 1 N–H and O–H groups in total. The number of nitrogens with zero attached hydrogens (tertiary/aromatic N) is 2. The van der Waals surface area contributed by atoms with Gasteiger partial charge in [0, 0.05) is 39.3 Å². The van der Waals surface area contributed by atoms with Gasteiger partial charge in [0.15, 0.2) is 5.13 Å². The number of carbonyl (C=O) groups excluding carboxylic acids is 1. The predicted octanol–water partition coefficient (Wildman–Crippen LogP) is 5.34. The molecule has 4 nitrogen and oxygen atoms in total. The Hall–Kier alpha value is -1.66. The number of pyridine rings is 1. The third kappa shape index (κ3) is 4.24. The summed E-state index contributed by atoms with van der Waals surface area (Å²) in [6.07, 6.45) is 3.77. The maximum absolute atomic E-state index is 12.2. The lowest BCUT2D eigenvalue weighted by molar-refractivity contribution is 0.102. The van der Waals surface area contributed by atoms with Crippen LogP contribution in [-0.2, 0) is 6.42 Å². The fourth-order valence-corrected chi connectivity index (χ4v) is 3.41. The summed E-state index contributed by atoms with van der Waals surface area (Å²) in [5.74, 6) is -0.291. The quantitative estimate of drug-likeness (QED) is 0.603. The highest BCUT2D eigenvalue weighted by molar-refractivity contribution is 7.15. The Labute approximate surface area is 157 Å². The van der Waals surface area contributed by atoms with Gasteiger partial charge in [-0.3, -0.25) is 10.1 Å². The van der Waals surface area contributed by atoms with Crippen LogP contribution >= 0.6 is 46.1 Å². The minimum Gasteiger partial charge on any atom is -0.298 e. The van der Waals surface area contributed by atoms with Gasteiger partial charge in [0.05, 0.1) is 0 Å². The molecule has 3 rings (SSSR count). The topological polar surface area (TPSA) is 54.9 Å². The number of carbonyl (C=O) groups is 1. The van der Waals surface area contributed by atoms with Crippen LogP contribution in [0.15, 0.2) is 42.7 Å². The Bertz CT molecular complexity index is 898. The molecule has 0 saturated carbocycles. The summed E-state index contributed by atoms with van der Waals surface area (Å²) in [6, 6.07) is 8.40. The highest BCUT2D eigenvalue weighted by atomic mass is 35.5. The molecule has 0 bridgehead atoms. The summed E-state index contributed by atoms with van der Waals surface area (Å²) >= 11 is 19.3. The van der Waals surface area contributed by atoms with Crippen molar-refractivity contribution in [2.75, 3.05) is 5.32 Å². The van der Waals surface area contributed by atoms with Crippen LogP contribution in [0.4, 0.5) is 5.13 Å². The van der Waals surface area contributed by atoms with Crippen molar-refractivity contribution in [3.8, 4) is 0 Å². The maximum Gasteiger partial charge on any atom is 0.257 e. The highest BCUT2D eigenvalue weighted by Crippen LogP contribution is 2.27. The second kappa shape index (κ2) is 7.49. The van der Waals surface area contributed by atoms with Crippen molar-refractivity contribution in [2.45, 2.75) is 6.42 Å². The Balaban J connectivity index is 1.71. The molecule has 3 aromatic rings. The van der Waals surface area contributed by atoms with Crippen LogP contribution in [0.3, 0.4) is 0 Å². The van der Waals surface area contributed by atoms with Gasteiger partial charge in [-0.1, -0.05) is 34.8 Å². The Morgan fingerprint density at radius 3 is 2.75 bits per heavy atom. The molecule has 2 heterocycles. The Morgan fingerprint density at radius 2 is 1.96 bits per heavy atom. The average Bonchev–Trinajstić information content (AvgIpc) is 2.98. The van der Waals surface area contributed by atoms with E-state index >= 15 is 0 Å². The second-order valence-electron chi connectivity index (χ2n) is 4.87. The van der Waals surface area contributed by atoms with E-state index in [4.69, 9.17) is 34.8 Å². The van der Waals surface area contributed by atoms with Gasteiger partial charge in [-0.15, -0.1) is 11.3 Å². The summed E-state index contributed by atoms with van der Waals surface area (Å²) in [5.41, 5.74) is 1.33. The third-order valence-corrected chi connectivity index (χ3v) is 4.86. The first-order chi connectivity index (χ1) is 11.5. The number of halogens is 3. The van der Waals surface area contributed by atoms with Gasteiger partial charge in [-0.2, -0.15) is 0 Å². The number of amides is 1. The smallest absolute Gasteiger partial charge is 0.257 e. The van der Waals surface area contributed by atoms with Gasteiger partial charge in [-0.05, 0) is 35.9 Å². The van der Waals surface area contributed by atoms with Crippen LogP contribution < -0.4 is 5.32 Å². The number of thiazole rings is 1. The minimum absolute atomic E-state index is 0.262. The molecule has 24 heavy (non-hydrogen) atoms. The zero-order valence-corrected chi connectivity index (χ0v) is 15.2. The molecule has 8 heteroatoms. The van der Waals surface area contributed by atoms with Crippen LogP contribution in [0.25, 0.3) is 0 Å². The largest absolute Gasteiger partial charge is 0.298 e. The number of benzene rings is 1. The SMILES string of the molecule is O=C(Nc1ncc(Cc2cc(Cl)ccc2Cl)s1)c1ccnc(Cl)c1. The van der Waals surface area contributed by atoms with E-state index in [1.807, 2.05) is 6.07 Å². The first-order valence-electron chi connectivity index (χ1n) is 6.83. The molecular formula is C16H10Cl3N3OS. The molecule has 0 radical (unpaired) electrons. The van der Waals surface area contributed by atoms with Crippen molar-refractivity contribution in [1.82, 2.24) is 9.97 Å². The van der Waals surface area contributed by atoms with Crippen LogP contribution in [-0.4, -0.2) is 15.9 Å². The first-order valence-corrected chi connectivity index (χ1v) is 8.78. The van der Waals surface area contributed by atoms with Gasteiger partial charge in [0.1, 0.15) is 5.15 Å². The van der Waals surface area contributed by atoms with Crippen LogP contribution in [0.5, 0.6) is 0 Å². The van der Waals surface area contributed by atoms with Crippen LogP contribution in [0.1, 0.15) is 20.8 Å². The molecule has 1 amide bonds. The number of rotatable bonds is 4. The molecule has 0 aliphatic heterocycles. The second-order valence-corrected chi connectivity index (χ2v) is 7.21. The summed E-state index contributed by atoms with van der Waals surface area (Å²) in [6.45, 7) is 0. The fraction of sp³-hybridized carbons (Fsp3) is 0.0625. The zero-order valence-electron chi connectivity index (χ0n) is 12.1.